The number of benzene rings is 1. The van der Waals surface area contributed by atoms with Gasteiger partial charge in [0.25, 0.3) is 5.91 Å². The van der Waals surface area contributed by atoms with Gasteiger partial charge < -0.3 is 10.6 Å². The van der Waals surface area contributed by atoms with Crippen LogP contribution in [0.3, 0.4) is 0 Å². The topological polar surface area (TPSA) is 59.2 Å². The van der Waals surface area contributed by atoms with Gasteiger partial charge >= 0.3 is 0 Å². The van der Waals surface area contributed by atoms with E-state index in [2.05, 4.69) is 27.8 Å². The molecule has 4 nitrogen and oxygen atoms in total. The minimum absolute atomic E-state index is 0.0498. The summed E-state index contributed by atoms with van der Waals surface area (Å²) in [5.41, 5.74) is 9.10. The van der Waals surface area contributed by atoms with Gasteiger partial charge in [-0.2, -0.15) is 0 Å². The molecule has 2 aromatic rings. The van der Waals surface area contributed by atoms with E-state index in [0.717, 1.165) is 33.9 Å². The molecule has 0 spiro atoms. The summed E-state index contributed by atoms with van der Waals surface area (Å²) in [6.45, 7) is 2.81. The fourth-order valence-electron chi connectivity index (χ4n) is 3.47. The number of aromatic nitrogens is 1. The predicted molar refractivity (Wildman–Crippen MR) is 85.9 cm³/mol. The highest BCUT2D eigenvalue weighted by Crippen LogP contribution is 2.39. The largest absolute Gasteiger partial charge is 0.397 e. The van der Waals surface area contributed by atoms with Gasteiger partial charge in [0.1, 0.15) is 0 Å². The Bertz CT molecular complexity index is 768. The van der Waals surface area contributed by atoms with Gasteiger partial charge in [0, 0.05) is 15.9 Å². The average Bonchev–Trinajstić information content (AvgIpc) is 2.74. The molecule has 1 fully saturated rings. The van der Waals surface area contributed by atoms with Crippen LogP contribution >= 0.6 is 15.9 Å². The van der Waals surface area contributed by atoms with Gasteiger partial charge in [-0.3, -0.25) is 4.79 Å². The fourth-order valence-corrected chi connectivity index (χ4v) is 3.92. The standard InChI is InChI=1S/C16H16BrN3O/c1-8-5-9(6-8)20-7-12-13(16(20)21)14(18)10-3-2-4-11(17)15(10)19-12/h2-4,8-9H,5-7H2,1H3,(H2,18,19). The minimum Gasteiger partial charge on any atom is -0.397 e. The molecule has 2 heterocycles. The Labute approximate surface area is 131 Å². The zero-order valence-electron chi connectivity index (χ0n) is 11.8. The molecule has 0 unspecified atom stereocenters. The molecule has 1 aliphatic carbocycles. The van der Waals surface area contributed by atoms with Crippen LogP contribution in [0.25, 0.3) is 10.9 Å². The normalized spacial score (nSPS) is 24.3. The zero-order valence-corrected chi connectivity index (χ0v) is 13.4. The summed E-state index contributed by atoms with van der Waals surface area (Å²) in [6, 6.07) is 6.14. The monoisotopic (exact) mass is 345 g/mol. The molecule has 1 aliphatic heterocycles. The van der Waals surface area contributed by atoms with Crippen molar-refractivity contribution in [2.24, 2.45) is 5.92 Å². The van der Waals surface area contributed by atoms with Crippen LogP contribution in [-0.2, 0) is 6.54 Å². The summed E-state index contributed by atoms with van der Waals surface area (Å²) >= 11 is 3.51. The lowest BCUT2D eigenvalue weighted by Crippen LogP contribution is -2.44. The number of fused-ring (bicyclic) bond motifs is 2. The summed E-state index contributed by atoms with van der Waals surface area (Å²) in [4.78, 5) is 19.3. The molecule has 21 heavy (non-hydrogen) atoms. The summed E-state index contributed by atoms with van der Waals surface area (Å²) in [5, 5.41) is 0.848. The zero-order chi connectivity index (χ0) is 14.7. The van der Waals surface area contributed by atoms with Crippen LogP contribution in [0, 0.1) is 5.92 Å². The summed E-state index contributed by atoms with van der Waals surface area (Å²) < 4.78 is 0.915. The van der Waals surface area contributed by atoms with Crippen molar-refractivity contribution < 1.29 is 4.79 Å². The van der Waals surface area contributed by atoms with Crippen LogP contribution in [0.15, 0.2) is 22.7 Å². The smallest absolute Gasteiger partial charge is 0.258 e. The van der Waals surface area contributed by atoms with Crippen LogP contribution in [0.2, 0.25) is 0 Å². The van der Waals surface area contributed by atoms with Crippen molar-refractivity contribution in [1.29, 1.82) is 0 Å². The third kappa shape index (κ3) is 1.80. The van der Waals surface area contributed by atoms with Crippen molar-refractivity contribution in [1.82, 2.24) is 9.88 Å². The minimum atomic E-state index is 0.0498. The molecule has 1 aromatic heterocycles. The summed E-state index contributed by atoms with van der Waals surface area (Å²) in [5.74, 6) is 0.763. The molecule has 5 heteroatoms. The number of pyridine rings is 1. The Morgan fingerprint density at radius 1 is 1.38 bits per heavy atom. The number of hydrogen-bond acceptors (Lipinski definition) is 3. The predicted octanol–water partition coefficient (Wildman–Crippen LogP) is 3.33. The second-order valence-electron chi connectivity index (χ2n) is 6.15. The Hall–Kier alpha value is -1.62. The number of carbonyl (C=O) groups is 1. The fraction of sp³-hybridized carbons (Fsp3) is 0.375. The number of hydrogen-bond donors (Lipinski definition) is 1. The van der Waals surface area contributed by atoms with Crippen LogP contribution in [0.4, 0.5) is 5.69 Å². The van der Waals surface area contributed by atoms with Gasteiger partial charge in [-0.05, 0) is 40.8 Å². The number of rotatable bonds is 1. The van der Waals surface area contributed by atoms with Gasteiger partial charge in [-0.25, -0.2) is 4.98 Å². The molecule has 0 bridgehead atoms. The van der Waals surface area contributed by atoms with Gasteiger partial charge in [-0.15, -0.1) is 0 Å². The molecule has 1 amide bonds. The molecule has 108 valence electrons. The number of anilines is 1. The number of para-hydroxylation sites is 1. The second-order valence-corrected chi connectivity index (χ2v) is 7.00. The van der Waals surface area contributed by atoms with Gasteiger partial charge in [0.05, 0.1) is 29.0 Å². The highest BCUT2D eigenvalue weighted by atomic mass is 79.9. The first-order valence-electron chi connectivity index (χ1n) is 7.23. The highest BCUT2D eigenvalue weighted by molar-refractivity contribution is 9.10. The van der Waals surface area contributed by atoms with E-state index in [-0.39, 0.29) is 5.91 Å². The second kappa shape index (κ2) is 4.44. The number of amides is 1. The first-order valence-corrected chi connectivity index (χ1v) is 8.03. The third-order valence-corrected chi connectivity index (χ3v) is 5.31. The SMILES string of the molecule is CC1CC(N2Cc3nc4c(Br)cccc4c(N)c3C2=O)C1. The molecule has 2 N–H and O–H groups in total. The third-order valence-electron chi connectivity index (χ3n) is 4.67. The van der Waals surface area contributed by atoms with E-state index in [1.807, 2.05) is 23.1 Å². The molecule has 0 atom stereocenters. The maximum Gasteiger partial charge on any atom is 0.258 e. The Balaban J connectivity index is 1.83. The lowest BCUT2D eigenvalue weighted by atomic mass is 9.81. The molecule has 4 rings (SSSR count). The van der Waals surface area contributed by atoms with E-state index in [1.54, 1.807) is 0 Å². The number of nitrogens with two attached hydrogens (primary N) is 1. The quantitative estimate of drug-likeness (QED) is 0.862. The molecule has 1 aromatic carbocycles. The van der Waals surface area contributed by atoms with Crippen molar-refractivity contribution in [2.75, 3.05) is 5.73 Å². The van der Waals surface area contributed by atoms with Gasteiger partial charge in [0.2, 0.25) is 0 Å². The van der Waals surface area contributed by atoms with E-state index in [9.17, 15) is 4.79 Å². The van der Waals surface area contributed by atoms with E-state index in [0.29, 0.717) is 29.8 Å². The van der Waals surface area contributed by atoms with Crippen LogP contribution in [-0.4, -0.2) is 21.8 Å². The molecule has 0 radical (unpaired) electrons. The van der Waals surface area contributed by atoms with Crippen molar-refractivity contribution >= 4 is 38.4 Å². The van der Waals surface area contributed by atoms with Crippen molar-refractivity contribution in [2.45, 2.75) is 32.4 Å². The first-order chi connectivity index (χ1) is 10.1. The molecular weight excluding hydrogens is 330 g/mol. The van der Waals surface area contributed by atoms with E-state index in [1.165, 1.54) is 0 Å². The molecule has 2 aliphatic rings. The Morgan fingerprint density at radius 2 is 2.14 bits per heavy atom. The maximum absolute atomic E-state index is 12.7. The van der Waals surface area contributed by atoms with Gasteiger partial charge in [0.15, 0.2) is 0 Å². The van der Waals surface area contributed by atoms with Crippen molar-refractivity contribution in [3.63, 3.8) is 0 Å². The molecule has 0 saturated heterocycles. The number of carbonyl (C=O) groups excluding carboxylic acids is 1. The van der Waals surface area contributed by atoms with Crippen LogP contribution in [0.5, 0.6) is 0 Å². The number of nitrogen functional groups attached to an aromatic ring is 1. The molecule has 1 saturated carbocycles. The van der Waals surface area contributed by atoms with Crippen LogP contribution < -0.4 is 5.73 Å². The van der Waals surface area contributed by atoms with E-state index < -0.39 is 0 Å². The van der Waals surface area contributed by atoms with E-state index >= 15 is 0 Å². The maximum atomic E-state index is 12.7. The summed E-state index contributed by atoms with van der Waals surface area (Å²) in [7, 11) is 0. The Kier molecular flexibility index (Phi) is 2.76. The lowest BCUT2D eigenvalue weighted by Gasteiger charge is -2.39. The van der Waals surface area contributed by atoms with Gasteiger partial charge in [-0.1, -0.05) is 19.1 Å². The summed E-state index contributed by atoms with van der Waals surface area (Å²) in [6.07, 6.45) is 2.17. The average molecular weight is 346 g/mol. The van der Waals surface area contributed by atoms with Crippen LogP contribution in [0.1, 0.15) is 35.8 Å². The van der Waals surface area contributed by atoms with Crippen molar-refractivity contribution in [3.8, 4) is 0 Å². The number of halogens is 1. The lowest BCUT2D eigenvalue weighted by molar-refractivity contribution is 0.0509. The van der Waals surface area contributed by atoms with Crippen molar-refractivity contribution in [3.05, 3.63) is 33.9 Å². The molecular formula is C16H16BrN3O. The number of nitrogens with zero attached hydrogens (tertiary/aromatic N) is 2. The first kappa shape index (κ1) is 13.1. The Morgan fingerprint density at radius 3 is 2.86 bits per heavy atom. The van der Waals surface area contributed by atoms with E-state index in [4.69, 9.17) is 5.73 Å². The highest BCUT2D eigenvalue weighted by Gasteiger charge is 2.40.